The molecule has 4 nitrogen and oxygen atoms in total. The van der Waals surface area contributed by atoms with E-state index in [4.69, 9.17) is 5.11 Å². The van der Waals surface area contributed by atoms with E-state index in [-0.39, 0.29) is 17.2 Å². The number of nitro benzene ring substituents is 1. The largest absolute Gasteiger partial charge is 0.392 e. The number of aliphatic hydroxyl groups is 1. The normalized spacial score (nSPS) is 10.4. The van der Waals surface area contributed by atoms with Crippen molar-refractivity contribution in [1.82, 2.24) is 0 Å². The van der Waals surface area contributed by atoms with Crippen molar-refractivity contribution in [3.8, 4) is 0 Å². The van der Waals surface area contributed by atoms with E-state index >= 15 is 0 Å². The Kier molecular flexibility index (Phi) is 4.57. The molecule has 0 spiro atoms. The maximum absolute atomic E-state index is 10.9. The minimum atomic E-state index is -0.389. The molecule has 98 valence electrons. The highest BCUT2D eigenvalue weighted by molar-refractivity contribution is 9.10. The molecule has 1 N–H and O–H groups in total. The van der Waals surface area contributed by atoms with Crippen LogP contribution in [0.1, 0.15) is 5.56 Å². The van der Waals surface area contributed by atoms with E-state index in [0.29, 0.717) is 4.90 Å². The summed E-state index contributed by atoms with van der Waals surface area (Å²) in [6.45, 7) is -0.0446. The van der Waals surface area contributed by atoms with Crippen LogP contribution < -0.4 is 0 Å². The molecule has 0 saturated heterocycles. The molecule has 0 radical (unpaired) electrons. The Morgan fingerprint density at radius 3 is 2.63 bits per heavy atom. The molecule has 0 aliphatic carbocycles. The number of nitrogens with zero attached hydrogens (tertiary/aromatic N) is 1. The van der Waals surface area contributed by atoms with Crippen LogP contribution in [0.25, 0.3) is 0 Å². The standard InChI is InChI=1S/C13H10BrNO3S/c14-11-7-10(6-5-9(11)8-16)19-13-4-2-1-3-12(13)15(17)18/h1-7,16H,8H2. The molecule has 0 heterocycles. The summed E-state index contributed by atoms with van der Waals surface area (Å²) in [4.78, 5) is 12.0. The van der Waals surface area contributed by atoms with Crippen molar-refractivity contribution in [3.05, 3.63) is 62.6 Å². The van der Waals surface area contributed by atoms with Crippen LogP contribution in [-0.4, -0.2) is 10.0 Å². The van der Waals surface area contributed by atoms with Crippen molar-refractivity contribution >= 4 is 33.4 Å². The second-order valence-electron chi connectivity index (χ2n) is 3.74. The second-order valence-corrected chi connectivity index (χ2v) is 5.71. The average Bonchev–Trinajstić information content (AvgIpc) is 2.39. The maximum atomic E-state index is 10.9. The molecule has 0 bridgehead atoms. The Bertz CT molecular complexity index is 619. The zero-order chi connectivity index (χ0) is 13.8. The highest BCUT2D eigenvalue weighted by Gasteiger charge is 2.13. The average molecular weight is 340 g/mol. The predicted molar refractivity (Wildman–Crippen MR) is 77.3 cm³/mol. The Morgan fingerprint density at radius 1 is 1.26 bits per heavy atom. The molecule has 0 amide bonds. The number of para-hydroxylation sites is 1. The van der Waals surface area contributed by atoms with Gasteiger partial charge in [0, 0.05) is 15.4 Å². The van der Waals surface area contributed by atoms with Gasteiger partial charge >= 0.3 is 0 Å². The molecule has 0 aliphatic heterocycles. The fourth-order valence-electron chi connectivity index (χ4n) is 1.54. The van der Waals surface area contributed by atoms with E-state index in [1.54, 1.807) is 24.3 Å². The van der Waals surface area contributed by atoms with E-state index in [0.717, 1.165) is 14.9 Å². The lowest BCUT2D eigenvalue weighted by molar-refractivity contribution is -0.387. The van der Waals surface area contributed by atoms with Crippen LogP contribution in [-0.2, 0) is 6.61 Å². The van der Waals surface area contributed by atoms with Crippen LogP contribution in [0, 0.1) is 10.1 Å². The Balaban J connectivity index is 2.31. The highest BCUT2D eigenvalue weighted by Crippen LogP contribution is 2.36. The first-order valence-corrected chi connectivity index (χ1v) is 7.03. The Labute approximate surface area is 122 Å². The molecule has 2 rings (SSSR count). The molecule has 0 fully saturated rings. The van der Waals surface area contributed by atoms with E-state index in [9.17, 15) is 10.1 Å². The number of hydrogen-bond acceptors (Lipinski definition) is 4. The number of nitro groups is 1. The highest BCUT2D eigenvalue weighted by atomic mass is 79.9. The van der Waals surface area contributed by atoms with Crippen molar-refractivity contribution in [2.75, 3.05) is 0 Å². The third-order valence-electron chi connectivity index (χ3n) is 2.48. The van der Waals surface area contributed by atoms with Gasteiger partial charge in [-0.3, -0.25) is 10.1 Å². The first kappa shape index (κ1) is 14.0. The van der Waals surface area contributed by atoms with Gasteiger partial charge < -0.3 is 5.11 Å². The monoisotopic (exact) mass is 339 g/mol. The van der Waals surface area contributed by atoms with Crippen molar-refractivity contribution in [2.24, 2.45) is 0 Å². The second kappa shape index (κ2) is 6.18. The molecule has 0 unspecified atom stereocenters. The minimum absolute atomic E-state index is 0.0446. The van der Waals surface area contributed by atoms with Crippen LogP contribution in [0.3, 0.4) is 0 Å². The summed E-state index contributed by atoms with van der Waals surface area (Å²) in [5.74, 6) is 0. The zero-order valence-corrected chi connectivity index (χ0v) is 12.1. The smallest absolute Gasteiger partial charge is 0.283 e. The molecule has 2 aromatic rings. The van der Waals surface area contributed by atoms with Gasteiger partial charge in [-0.05, 0) is 23.8 Å². The number of halogens is 1. The topological polar surface area (TPSA) is 63.4 Å². The molecular formula is C13H10BrNO3S. The summed E-state index contributed by atoms with van der Waals surface area (Å²) in [6, 6.07) is 12.1. The van der Waals surface area contributed by atoms with Crippen LogP contribution in [0.2, 0.25) is 0 Å². The fourth-order valence-corrected chi connectivity index (χ4v) is 3.16. The fraction of sp³-hybridized carbons (Fsp3) is 0.0769. The van der Waals surface area contributed by atoms with Gasteiger partial charge in [0.25, 0.3) is 5.69 Å². The van der Waals surface area contributed by atoms with Gasteiger partial charge in [-0.2, -0.15) is 0 Å². The molecule has 6 heteroatoms. The summed E-state index contributed by atoms with van der Waals surface area (Å²) in [5.41, 5.74) is 0.877. The lowest BCUT2D eigenvalue weighted by Gasteiger charge is -2.05. The zero-order valence-electron chi connectivity index (χ0n) is 9.75. The van der Waals surface area contributed by atoms with Gasteiger partial charge in [0.2, 0.25) is 0 Å². The number of benzene rings is 2. The van der Waals surface area contributed by atoms with Gasteiger partial charge in [0.05, 0.1) is 16.4 Å². The molecule has 0 atom stereocenters. The quantitative estimate of drug-likeness (QED) is 0.675. The molecule has 19 heavy (non-hydrogen) atoms. The van der Waals surface area contributed by atoms with Crippen molar-refractivity contribution < 1.29 is 10.0 Å². The summed E-state index contributed by atoms with van der Waals surface area (Å²) < 4.78 is 0.790. The Morgan fingerprint density at radius 2 is 2.00 bits per heavy atom. The SMILES string of the molecule is O=[N+]([O-])c1ccccc1Sc1ccc(CO)c(Br)c1. The summed E-state index contributed by atoms with van der Waals surface area (Å²) >= 11 is 4.68. The molecule has 0 aliphatic rings. The van der Waals surface area contributed by atoms with Crippen molar-refractivity contribution in [2.45, 2.75) is 16.4 Å². The van der Waals surface area contributed by atoms with E-state index in [1.807, 2.05) is 12.1 Å². The third-order valence-corrected chi connectivity index (χ3v) is 4.28. The first-order chi connectivity index (χ1) is 9.11. The summed E-state index contributed by atoms with van der Waals surface area (Å²) in [6.07, 6.45) is 0. The third kappa shape index (κ3) is 3.34. The number of hydrogen-bond donors (Lipinski definition) is 1. The van der Waals surface area contributed by atoms with Crippen LogP contribution in [0.5, 0.6) is 0 Å². The maximum Gasteiger partial charge on any atom is 0.283 e. The summed E-state index contributed by atoms with van der Waals surface area (Å²) in [7, 11) is 0. The van der Waals surface area contributed by atoms with Gasteiger partial charge in [-0.15, -0.1) is 0 Å². The molecule has 2 aromatic carbocycles. The van der Waals surface area contributed by atoms with Crippen LogP contribution in [0.15, 0.2) is 56.7 Å². The summed E-state index contributed by atoms with van der Waals surface area (Å²) in [5, 5.41) is 20.0. The van der Waals surface area contributed by atoms with Gasteiger partial charge in [0.15, 0.2) is 0 Å². The van der Waals surface area contributed by atoms with Gasteiger partial charge in [0.1, 0.15) is 0 Å². The van der Waals surface area contributed by atoms with Crippen molar-refractivity contribution in [3.63, 3.8) is 0 Å². The van der Waals surface area contributed by atoms with E-state index in [2.05, 4.69) is 15.9 Å². The van der Waals surface area contributed by atoms with E-state index < -0.39 is 0 Å². The van der Waals surface area contributed by atoms with E-state index in [1.165, 1.54) is 17.8 Å². The molecule has 0 aromatic heterocycles. The number of rotatable bonds is 4. The number of aliphatic hydroxyl groups excluding tert-OH is 1. The van der Waals surface area contributed by atoms with Crippen molar-refractivity contribution in [1.29, 1.82) is 0 Å². The molecule has 0 saturated carbocycles. The molecular weight excluding hydrogens is 330 g/mol. The first-order valence-electron chi connectivity index (χ1n) is 5.42. The predicted octanol–water partition coefficient (Wildman–Crippen LogP) is 4.00. The lowest BCUT2D eigenvalue weighted by atomic mass is 10.2. The lowest BCUT2D eigenvalue weighted by Crippen LogP contribution is -1.90. The Hall–Kier alpha value is -1.37. The van der Waals surface area contributed by atoms with Crippen LogP contribution >= 0.6 is 27.7 Å². The minimum Gasteiger partial charge on any atom is -0.392 e. The van der Waals surface area contributed by atoms with Gasteiger partial charge in [-0.1, -0.05) is 45.9 Å². The van der Waals surface area contributed by atoms with Crippen LogP contribution in [0.4, 0.5) is 5.69 Å². The van der Waals surface area contributed by atoms with Gasteiger partial charge in [-0.25, -0.2) is 0 Å².